The Kier molecular flexibility index (Phi) is 4.10. The first-order chi connectivity index (χ1) is 8.53. The van der Waals surface area contributed by atoms with E-state index in [0.29, 0.717) is 10.6 Å². The lowest BCUT2D eigenvalue weighted by atomic mass is 9.85. The summed E-state index contributed by atoms with van der Waals surface area (Å²) in [6, 6.07) is 0. The van der Waals surface area contributed by atoms with Crippen molar-refractivity contribution in [2.45, 2.75) is 46.5 Å². The molecule has 0 N–H and O–H groups in total. The summed E-state index contributed by atoms with van der Waals surface area (Å²) < 4.78 is 0. The highest BCUT2D eigenvalue weighted by Gasteiger charge is 2.25. The van der Waals surface area contributed by atoms with Crippen molar-refractivity contribution < 1.29 is 0 Å². The van der Waals surface area contributed by atoms with Crippen LogP contribution in [0.5, 0.6) is 0 Å². The maximum atomic E-state index is 6.17. The second-order valence-electron chi connectivity index (χ2n) is 5.83. The zero-order chi connectivity index (χ0) is 13.2. The van der Waals surface area contributed by atoms with E-state index < -0.39 is 0 Å². The van der Waals surface area contributed by atoms with Gasteiger partial charge in [0.05, 0.1) is 0 Å². The van der Waals surface area contributed by atoms with Gasteiger partial charge in [-0.3, -0.25) is 0 Å². The van der Waals surface area contributed by atoms with E-state index in [9.17, 15) is 0 Å². The summed E-state index contributed by atoms with van der Waals surface area (Å²) in [5.41, 5.74) is 1.52. The van der Waals surface area contributed by atoms with Crippen molar-refractivity contribution in [3.05, 3.63) is 17.0 Å². The summed E-state index contributed by atoms with van der Waals surface area (Å²) in [7, 11) is 0. The summed E-state index contributed by atoms with van der Waals surface area (Å²) >= 11 is 6.17. The van der Waals surface area contributed by atoms with Crippen LogP contribution < -0.4 is 4.90 Å². The van der Waals surface area contributed by atoms with Crippen LogP contribution in [0.4, 0.5) is 5.82 Å². The minimum absolute atomic E-state index is 0.442. The fraction of sp³-hybridized carbons (Fsp3) is 0.714. The molecule has 0 spiro atoms. The Morgan fingerprint density at radius 1 is 1.28 bits per heavy atom. The Hall–Kier alpha value is -0.830. The van der Waals surface area contributed by atoms with Gasteiger partial charge in [0.25, 0.3) is 0 Å². The van der Waals surface area contributed by atoms with E-state index in [1.807, 2.05) is 0 Å². The third-order valence-electron chi connectivity index (χ3n) is 3.86. The SMILES string of the molecule is CCc1c(Cl)ncnc1N1CCCC(C)(C)CC1. The third kappa shape index (κ3) is 2.94. The van der Waals surface area contributed by atoms with Crippen LogP contribution in [-0.2, 0) is 6.42 Å². The number of aromatic nitrogens is 2. The Morgan fingerprint density at radius 2 is 2.06 bits per heavy atom. The van der Waals surface area contributed by atoms with Crippen molar-refractivity contribution in [1.29, 1.82) is 0 Å². The number of hydrogen-bond donors (Lipinski definition) is 0. The van der Waals surface area contributed by atoms with E-state index in [1.165, 1.54) is 19.3 Å². The minimum Gasteiger partial charge on any atom is -0.356 e. The quantitative estimate of drug-likeness (QED) is 0.765. The van der Waals surface area contributed by atoms with E-state index in [0.717, 1.165) is 30.9 Å². The summed E-state index contributed by atoms with van der Waals surface area (Å²) in [4.78, 5) is 10.9. The van der Waals surface area contributed by atoms with Gasteiger partial charge in [-0.25, -0.2) is 9.97 Å². The molecule has 0 bridgehead atoms. The lowest BCUT2D eigenvalue weighted by Crippen LogP contribution is -2.27. The highest BCUT2D eigenvalue weighted by Crippen LogP contribution is 2.33. The molecule has 1 saturated heterocycles. The van der Waals surface area contributed by atoms with Crippen LogP contribution in [0.3, 0.4) is 0 Å². The minimum atomic E-state index is 0.442. The van der Waals surface area contributed by atoms with Gasteiger partial charge in [-0.1, -0.05) is 32.4 Å². The van der Waals surface area contributed by atoms with Gasteiger partial charge in [0.2, 0.25) is 0 Å². The number of hydrogen-bond acceptors (Lipinski definition) is 3. The lowest BCUT2D eigenvalue weighted by Gasteiger charge is -2.25. The summed E-state index contributed by atoms with van der Waals surface area (Å²) in [6.45, 7) is 8.95. The maximum Gasteiger partial charge on any atom is 0.137 e. The first-order valence-electron chi connectivity index (χ1n) is 6.78. The van der Waals surface area contributed by atoms with Crippen molar-refractivity contribution in [2.75, 3.05) is 18.0 Å². The zero-order valence-corrected chi connectivity index (χ0v) is 12.3. The monoisotopic (exact) mass is 267 g/mol. The van der Waals surface area contributed by atoms with Crippen molar-refractivity contribution in [3.8, 4) is 0 Å². The fourth-order valence-corrected chi connectivity index (χ4v) is 2.86. The van der Waals surface area contributed by atoms with Crippen LogP contribution >= 0.6 is 11.6 Å². The lowest BCUT2D eigenvalue weighted by molar-refractivity contribution is 0.325. The van der Waals surface area contributed by atoms with Crippen molar-refractivity contribution in [2.24, 2.45) is 5.41 Å². The fourth-order valence-electron chi connectivity index (χ4n) is 2.59. The summed E-state index contributed by atoms with van der Waals surface area (Å²) in [5.74, 6) is 1.04. The van der Waals surface area contributed by atoms with Crippen LogP contribution in [0.15, 0.2) is 6.33 Å². The summed E-state index contributed by atoms with van der Waals surface area (Å²) in [6.07, 6.45) is 6.17. The molecule has 0 aliphatic carbocycles. The van der Waals surface area contributed by atoms with Gasteiger partial charge in [-0.15, -0.1) is 0 Å². The number of nitrogens with zero attached hydrogens (tertiary/aromatic N) is 3. The van der Waals surface area contributed by atoms with Crippen molar-refractivity contribution in [1.82, 2.24) is 9.97 Å². The topological polar surface area (TPSA) is 29.0 Å². The van der Waals surface area contributed by atoms with Gasteiger partial charge >= 0.3 is 0 Å². The Morgan fingerprint density at radius 3 is 2.78 bits per heavy atom. The first kappa shape index (κ1) is 13.6. The number of halogens is 1. The molecular weight excluding hydrogens is 246 g/mol. The van der Waals surface area contributed by atoms with E-state index in [-0.39, 0.29) is 0 Å². The third-order valence-corrected chi connectivity index (χ3v) is 4.19. The molecule has 1 aliphatic rings. The predicted molar refractivity (Wildman–Crippen MR) is 76.3 cm³/mol. The Labute approximate surface area is 115 Å². The molecule has 0 radical (unpaired) electrons. The molecule has 1 aromatic heterocycles. The highest BCUT2D eigenvalue weighted by atomic mass is 35.5. The second-order valence-corrected chi connectivity index (χ2v) is 6.18. The van der Waals surface area contributed by atoms with E-state index in [2.05, 4.69) is 35.6 Å². The van der Waals surface area contributed by atoms with Crippen LogP contribution in [0, 0.1) is 5.41 Å². The summed E-state index contributed by atoms with van der Waals surface area (Å²) in [5, 5.41) is 0.603. The maximum absolute atomic E-state index is 6.17. The van der Waals surface area contributed by atoms with Crippen LogP contribution in [0.25, 0.3) is 0 Å². The predicted octanol–water partition coefficient (Wildman–Crippen LogP) is 3.71. The van der Waals surface area contributed by atoms with E-state index in [4.69, 9.17) is 11.6 Å². The largest absolute Gasteiger partial charge is 0.356 e. The average Bonchev–Trinajstić information content (AvgIpc) is 2.50. The highest BCUT2D eigenvalue weighted by molar-refractivity contribution is 6.30. The van der Waals surface area contributed by atoms with E-state index >= 15 is 0 Å². The molecule has 0 aromatic carbocycles. The van der Waals surface area contributed by atoms with Gasteiger partial charge in [0.1, 0.15) is 17.3 Å². The Balaban J connectivity index is 2.24. The van der Waals surface area contributed by atoms with Gasteiger partial charge < -0.3 is 4.90 Å². The molecule has 1 fully saturated rings. The van der Waals surface area contributed by atoms with E-state index in [1.54, 1.807) is 6.33 Å². The van der Waals surface area contributed by atoms with Crippen molar-refractivity contribution >= 4 is 17.4 Å². The molecule has 0 atom stereocenters. The molecule has 0 saturated carbocycles. The van der Waals surface area contributed by atoms with Gasteiger partial charge in [-0.2, -0.15) is 0 Å². The standard InChI is InChI=1S/C14H22ClN3/c1-4-11-12(15)16-10-17-13(11)18-8-5-6-14(2,3)7-9-18/h10H,4-9H2,1-3H3. The molecule has 2 heterocycles. The molecule has 3 nitrogen and oxygen atoms in total. The Bertz CT molecular complexity index is 418. The van der Waals surface area contributed by atoms with Gasteiger partial charge in [-0.05, 0) is 31.1 Å². The second kappa shape index (κ2) is 5.43. The molecule has 18 heavy (non-hydrogen) atoms. The average molecular weight is 268 g/mol. The van der Waals surface area contributed by atoms with Gasteiger partial charge in [0, 0.05) is 18.7 Å². The molecule has 2 rings (SSSR count). The first-order valence-corrected chi connectivity index (χ1v) is 7.15. The number of rotatable bonds is 2. The molecule has 0 amide bonds. The molecule has 100 valence electrons. The van der Waals surface area contributed by atoms with Crippen molar-refractivity contribution in [3.63, 3.8) is 0 Å². The van der Waals surface area contributed by atoms with Crippen LogP contribution in [0.2, 0.25) is 5.15 Å². The normalized spacial score (nSPS) is 19.7. The molecule has 4 heteroatoms. The zero-order valence-electron chi connectivity index (χ0n) is 11.5. The molecule has 1 aromatic rings. The smallest absolute Gasteiger partial charge is 0.137 e. The van der Waals surface area contributed by atoms with Crippen LogP contribution in [0.1, 0.15) is 45.6 Å². The van der Waals surface area contributed by atoms with Gasteiger partial charge in [0.15, 0.2) is 0 Å². The van der Waals surface area contributed by atoms with Crippen LogP contribution in [-0.4, -0.2) is 23.1 Å². The number of anilines is 1. The molecule has 1 aliphatic heterocycles. The molecule has 0 unspecified atom stereocenters. The molecular formula is C14H22ClN3.